The van der Waals surface area contributed by atoms with E-state index in [4.69, 9.17) is 16.2 Å². The predicted molar refractivity (Wildman–Crippen MR) is 105 cm³/mol. The monoisotopic (exact) mass is 375 g/mol. The number of methoxy groups -OCH3 is 1. The van der Waals surface area contributed by atoms with Gasteiger partial charge in [0.25, 0.3) is 5.91 Å². The molecule has 0 atom stereocenters. The lowest BCUT2D eigenvalue weighted by molar-refractivity contribution is 0.0996. The van der Waals surface area contributed by atoms with Crippen LogP contribution in [-0.2, 0) is 0 Å². The summed E-state index contributed by atoms with van der Waals surface area (Å²) in [4.78, 5) is 25.0. The van der Waals surface area contributed by atoms with Crippen LogP contribution in [0.1, 0.15) is 16.1 Å². The molecule has 28 heavy (non-hydrogen) atoms. The van der Waals surface area contributed by atoms with Crippen molar-refractivity contribution in [2.75, 3.05) is 12.8 Å². The molecule has 0 unspecified atom stereocenters. The first-order chi connectivity index (χ1) is 13.5. The van der Waals surface area contributed by atoms with Gasteiger partial charge in [0.15, 0.2) is 11.5 Å². The van der Waals surface area contributed by atoms with Crippen molar-refractivity contribution in [3.05, 3.63) is 47.9 Å². The fourth-order valence-electron chi connectivity index (χ4n) is 3.08. The van der Waals surface area contributed by atoms with Gasteiger partial charge in [0.1, 0.15) is 0 Å². The second-order valence-corrected chi connectivity index (χ2v) is 6.20. The van der Waals surface area contributed by atoms with Crippen LogP contribution < -0.4 is 16.2 Å². The Labute approximate surface area is 159 Å². The zero-order chi connectivity index (χ0) is 19.8. The average Bonchev–Trinajstić information content (AvgIpc) is 3.17. The fourth-order valence-corrected chi connectivity index (χ4v) is 3.08. The highest BCUT2D eigenvalue weighted by atomic mass is 16.5. The Bertz CT molecular complexity index is 1220. The fraction of sp³-hybridized carbons (Fsp3) is 0.105. The Morgan fingerprint density at radius 2 is 2.04 bits per heavy atom. The summed E-state index contributed by atoms with van der Waals surface area (Å²) >= 11 is 0. The third-order valence-corrected chi connectivity index (χ3v) is 4.45. The van der Waals surface area contributed by atoms with Gasteiger partial charge in [-0.3, -0.25) is 9.89 Å². The van der Waals surface area contributed by atoms with E-state index in [0.717, 1.165) is 22.0 Å². The van der Waals surface area contributed by atoms with Gasteiger partial charge in [0, 0.05) is 28.8 Å². The number of aromatic amines is 1. The molecule has 3 heterocycles. The summed E-state index contributed by atoms with van der Waals surface area (Å²) in [7, 11) is 1.51. The number of carbonyl (C=O) groups excluding carboxylic acids is 1. The third-order valence-electron chi connectivity index (χ3n) is 4.45. The number of hydrogen-bond donors (Lipinski definition) is 3. The Balaban J connectivity index is 2.04. The lowest BCUT2D eigenvalue weighted by Crippen LogP contribution is -2.18. The number of primary amides is 1. The SMILES string of the molecule is COc1cc(-c2nc(C(N)=O)c(N)c(-c3c(C)ccc4[nH]ncc34)n2)ccn1. The number of nitrogen functional groups attached to an aromatic ring is 1. The molecule has 4 rings (SSSR count). The molecular formula is C19H17N7O2. The Kier molecular flexibility index (Phi) is 4.11. The van der Waals surface area contributed by atoms with Gasteiger partial charge in [-0.1, -0.05) is 6.07 Å². The van der Waals surface area contributed by atoms with Gasteiger partial charge in [-0.05, 0) is 24.6 Å². The molecule has 1 aromatic carbocycles. The van der Waals surface area contributed by atoms with E-state index in [2.05, 4.69) is 25.1 Å². The number of nitrogens with two attached hydrogens (primary N) is 2. The van der Waals surface area contributed by atoms with Gasteiger partial charge >= 0.3 is 0 Å². The standard InChI is InChI=1S/C19H17N7O2/c1-9-3-4-12-11(8-23-26-12)14(9)16-15(20)17(18(21)27)25-19(24-16)10-5-6-22-13(7-10)28-2/h3-8H,20H2,1-2H3,(H2,21,27)(H,23,26). The van der Waals surface area contributed by atoms with E-state index >= 15 is 0 Å². The van der Waals surface area contributed by atoms with Crippen LogP contribution in [0, 0.1) is 6.92 Å². The smallest absolute Gasteiger partial charge is 0.269 e. The molecule has 140 valence electrons. The number of aromatic nitrogens is 5. The number of aryl methyl sites for hydroxylation is 1. The quantitative estimate of drug-likeness (QED) is 0.495. The van der Waals surface area contributed by atoms with Gasteiger partial charge in [0.05, 0.1) is 30.2 Å². The van der Waals surface area contributed by atoms with E-state index in [1.807, 2.05) is 19.1 Å². The second kappa shape index (κ2) is 6.62. The first kappa shape index (κ1) is 17.4. The number of pyridine rings is 1. The average molecular weight is 375 g/mol. The van der Waals surface area contributed by atoms with E-state index in [9.17, 15) is 4.79 Å². The number of hydrogen-bond acceptors (Lipinski definition) is 7. The molecule has 3 aromatic heterocycles. The Hall–Kier alpha value is -4.01. The first-order valence-corrected chi connectivity index (χ1v) is 8.40. The molecule has 0 saturated heterocycles. The maximum absolute atomic E-state index is 12.0. The van der Waals surface area contributed by atoms with Crippen LogP contribution in [0.2, 0.25) is 0 Å². The first-order valence-electron chi connectivity index (χ1n) is 8.40. The van der Waals surface area contributed by atoms with Crippen molar-refractivity contribution >= 4 is 22.5 Å². The number of anilines is 1. The summed E-state index contributed by atoms with van der Waals surface area (Å²) in [6.07, 6.45) is 3.26. The zero-order valence-corrected chi connectivity index (χ0v) is 15.2. The molecule has 0 aliphatic heterocycles. The van der Waals surface area contributed by atoms with Crippen LogP contribution in [0.4, 0.5) is 5.69 Å². The van der Waals surface area contributed by atoms with E-state index in [1.165, 1.54) is 7.11 Å². The van der Waals surface area contributed by atoms with Gasteiger partial charge in [-0.25, -0.2) is 15.0 Å². The number of carbonyl (C=O) groups is 1. The molecule has 4 aromatic rings. The van der Waals surface area contributed by atoms with E-state index in [-0.39, 0.29) is 11.4 Å². The topological polar surface area (TPSA) is 146 Å². The summed E-state index contributed by atoms with van der Waals surface area (Å²) in [5, 5.41) is 7.85. The molecule has 0 saturated carbocycles. The summed E-state index contributed by atoms with van der Waals surface area (Å²) in [6.45, 7) is 1.93. The Morgan fingerprint density at radius 3 is 2.79 bits per heavy atom. The van der Waals surface area contributed by atoms with Crippen LogP contribution >= 0.6 is 0 Å². The van der Waals surface area contributed by atoms with Crippen molar-refractivity contribution in [3.63, 3.8) is 0 Å². The van der Waals surface area contributed by atoms with Crippen LogP contribution in [0.15, 0.2) is 36.7 Å². The van der Waals surface area contributed by atoms with Crippen molar-refractivity contribution in [3.8, 4) is 28.5 Å². The minimum absolute atomic E-state index is 0.0457. The largest absolute Gasteiger partial charge is 0.481 e. The van der Waals surface area contributed by atoms with Crippen LogP contribution in [-0.4, -0.2) is 38.2 Å². The second-order valence-electron chi connectivity index (χ2n) is 6.20. The minimum Gasteiger partial charge on any atom is -0.481 e. The molecule has 0 aliphatic rings. The molecule has 0 fully saturated rings. The Morgan fingerprint density at radius 1 is 1.21 bits per heavy atom. The highest BCUT2D eigenvalue weighted by Crippen LogP contribution is 2.35. The summed E-state index contributed by atoms with van der Waals surface area (Å²) in [6, 6.07) is 7.23. The highest BCUT2D eigenvalue weighted by molar-refractivity contribution is 6.04. The highest BCUT2D eigenvalue weighted by Gasteiger charge is 2.21. The maximum Gasteiger partial charge on any atom is 0.269 e. The zero-order valence-electron chi connectivity index (χ0n) is 15.2. The summed E-state index contributed by atoms with van der Waals surface area (Å²) in [5.74, 6) is -0.0488. The molecular weight excluding hydrogens is 358 g/mol. The molecule has 0 bridgehead atoms. The normalized spacial score (nSPS) is 10.9. The number of H-pyrrole nitrogens is 1. The molecule has 1 amide bonds. The van der Waals surface area contributed by atoms with Crippen molar-refractivity contribution in [2.45, 2.75) is 6.92 Å². The predicted octanol–water partition coefficient (Wildman–Crippen LogP) is 2.08. The lowest BCUT2D eigenvalue weighted by Gasteiger charge is -2.14. The maximum atomic E-state index is 12.0. The third kappa shape index (κ3) is 2.78. The molecule has 9 nitrogen and oxygen atoms in total. The van der Waals surface area contributed by atoms with E-state index in [1.54, 1.807) is 24.5 Å². The van der Waals surface area contributed by atoms with Crippen LogP contribution in [0.5, 0.6) is 5.88 Å². The molecule has 0 radical (unpaired) electrons. The number of rotatable bonds is 4. The number of fused-ring (bicyclic) bond motifs is 1. The van der Waals surface area contributed by atoms with E-state index < -0.39 is 5.91 Å². The molecule has 0 spiro atoms. The lowest BCUT2D eigenvalue weighted by atomic mass is 9.99. The molecule has 9 heteroatoms. The van der Waals surface area contributed by atoms with Crippen molar-refractivity contribution in [2.24, 2.45) is 5.73 Å². The van der Waals surface area contributed by atoms with Crippen LogP contribution in [0.25, 0.3) is 33.5 Å². The van der Waals surface area contributed by atoms with Gasteiger partial charge in [-0.15, -0.1) is 0 Å². The summed E-state index contributed by atoms with van der Waals surface area (Å²) < 4.78 is 5.16. The molecule has 5 N–H and O–H groups in total. The number of amides is 1. The van der Waals surface area contributed by atoms with Crippen molar-refractivity contribution in [1.82, 2.24) is 25.1 Å². The van der Waals surface area contributed by atoms with Gasteiger partial charge in [-0.2, -0.15) is 5.10 Å². The molecule has 0 aliphatic carbocycles. The number of benzene rings is 1. The van der Waals surface area contributed by atoms with Crippen LogP contribution in [0.3, 0.4) is 0 Å². The number of ether oxygens (including phenoxy) is 1. The summed E-state index contributed by atoms with van der Waals surface area (Å²) in [5.41, 5.74) is 15.4. The number of nitrogens with zero attached hydrogens (tertiary/aromatic N) is 4. The van der Waals surface area contributed by atoms with E-state index in [0.29, 0.717) is 23.0 Å². The minimum atomic E-state index is -0.736. The van der Waals surface area contributed by atoms with Crippen molar-refractivity contribution in [1.29, 1.82) is 0 Å². The van der Waals surface area contributed by atoms with Crippen molar-refractivity contribution < 1.29 is 9.53 Å². The number of nitrogens with one attached hydrogen (secondary N) is 1. The van der Waals surface area contributed by atoms with Gasteiger partial charge in [0.2, 0.25) is 5.88 Å². The van der Waals surface area contributed by atoms with Gasteiger partial charge < -0.3 is 16.2 Å².